The quantitative estimate of drug-likeness (QED) is 0.892. The van der Waals surface area contributed by atoms with Crippen LogP contribution in [0.4, 0.5) is 5.69 Å². The van der Waals surface area contributed by atoms with E-state index in [-0.39, 0.29) is 11.9 Å². The molecule has 0 spiro atoms. The molecular formula is C17H25N3O. The molecule has 2 unspecified atom stereocenters. The van der Waals surface area contributed by atoms with Crippen LogP contribution in [-0.2, 0) is 11.3 Å². The molecule has 0 radical (unpaired) electrons. The summed E-state index contributed by atoms with van der Waals surface area (Å²) in [6, 6.07) is 8.24. The average molecular weight is 287 g/mol. The topological polar surface area (TPSA) is 44.4 Å². The molecule has 1 aromatic carbocycles. The van der Waals surface area contributed by atoms with E-state index in [0.717, 1.165) is 25.2 Å². The van der Waals surface area contributed by atoms with Crippen molar-refractivity contribution in [1.29, 1.82) is 0 Å². The van der Waals surface area contributed by atoms with Gasteiger partial charge in [-0.15, -0.1) is 0 Å². The van der Waals surface area contributed by atoms with Gasteiger partial charge >= 0.3 is 0 Å². The molecule has 2 atom stereocenters. The van der Waals surface area contributed by atoms with Gasteiger partial charge in [0, 0.05) is 12.2 Å². The van der Waals surface area contributed by atoms with Crippen molar-refractivity contribution in [3.63, 3.8) is 0 Å². The minimum Gasteiger partial charge on any atom is -0.325 e. The molecule has 1 amide bonds. The Morgan fingerprint density at radius 2 is 2.00 bits per heavy atom. The molecule has 2 aliphatic heterocycles. The lowest BCUT2D eigenvalue weighted by Gasteiger charge is -2.17. The average Bonchev–Trinajstić information content (AvgIpc) is 3.12. The second kappa shape index (κ2) is 6.58. The van der Waals surface area contributed by atoms with Gasteiger partial charge in [0.2, 0.25) is 5.91 Å². The van der Waals surface area contributed by atoms with E-state index >= 15 is 0 Å². The van der Waals surface area contributed by atoms with E-state index in [1.807, 2.05) is 12.1 Å². The highest BCUT2D eigenvalue weighted by Gasteiger charge is 2.29. The van der Waals surface area contributed by atoms with Crippen LogP contribution in [0.15, 0.2) is 24.3 Å². The lowest BCUT2D eigenvalue weighted by atomic mass is 10.0. The SMILES string of the molecule is CC1CCNC1C(=O)Nc1ccc(CN2CCCC2)cc1. The molecule has 0 aliphatic carbocycles. The van der Waals surface area contributed by atoms with E-state index in [1.165, 1.54) is 31.5 Å². The van der Waals surface area contributed by atoms with Crippen LogP contribution in [0.3, 0.4) is 0 Å². The summed E-state index contributed by atoms with van der Waals surface area (Å²) in [5.74, 6) is 0.506. The molecule has 2 aliphatic rings. The molecule has 0 bridgehead atoms. The first-order valence-corrected chi connectivity index (χ1v) is 8.08. The van der Waals surface area contributed by atoms with Gasteiger partial charge in [0.15, 0.2) is 0 Å². The van der Waals surface area contributed by atoms with Crippen LogP contribution in [0.5, 0.6) is 0 Å². The van der Waals surface area contributed by atoms with E-state index in [4.69, 9.17) is 0 Å². The fourth-order valence-electron chi connectivity index (χ4n) is 3.30. The van der Waals surface area contributed by atoms with Crippen LogP contribution in [0.2, 0.25) is 0 Å². The first-order chi connectivity index (χ1) is 10.2. The number of carbonyl (C=O) groups excluding carboxylic acids is 1. The summed E-state index contributed by atoms with van der Waals surface area (Å²) >= 11 is 0. The maximum absolute atomic E-state index is 12.2. The molecule has 2 heterocycles. The van der Waals surface area contributed by atoms with Crippen molar-refractivity contribution in [2.45, 2.75) is 38.8 Å². The number of anilines is 1. The summed E-state index contributed by atoms with van der Waals surface area (Å²) in [5, 5.41) is 6.29. The van der Waals surface area contributed by atoms with Gasteiger partial charge < -0.3 is 10.6 Å². The molecule has 21 heavy (non-hydrogen) atoms. The number of amides is 1. The Morgan fingerprint density at radius 1 is 1.29 bits per heavy atom. The first kappa shape index (κ1) is 14.5. The third-order valence-corrected chi connectivity index (χ3v) is 4.64. The molecule has 3 rings (SSSR count). The monoisotopic (exact) mass is 287 g/mol. The van der Waals surface area contributed by atoms with Crippen LogP contribution in [0.25, 0.3) is 0 Å². The van der Waals surface area contributed by atoms with Gasteiger partial charge in [-0.1, -0.05) is 19.1 Å². The zero-order valence-electron chi connectivity index (χ0n) is 12.8. The van der Waals surface area contributed by atoms with Gasteiger partial charge in [-0.05, 0) is 62.5 Å². The lowest BCUT2D eigenvalue weighted by molar-refractivity contribution is -0.118. The number of hydrogen-bond donors (Lipinski definition) is 2. The van der Waals surface area contributed by atoms with E-state index in [0.29, 0.717) is 5.92 Å². The van der Waals surface area contributed by atoms with Crippen molar-refractivity contribution < 1.29 is 4.79 Å². The number of likely N-dealkylation sites (tertiary alicyclic amines) is 1. The highest BCUT2D eigenvalue weighted by molar-refractivity contribution is 5.95. The van der Waals surface area contributed by atoms with Crippen LogP contribution < -0.4 is 10.6 Å². The number of carbonyl (C=O) groups is 1. The second-order valence-corrected chi connectivity index (χ2v) is 6.37. The molecule has 2 N–H and O–H groups in total. The molecule has 4 heteroatoms. The van der Waals surface area contributed by atoms with Gasteiger partial charge in [0.25, 0.3) is 0 Å². The van der Waals surface area contributed by atoms with Crippen LogP contribution in [-0.4, -0.2) is 36.5 Å². The second-order valence-electron chi connectivity index (χ2n) is 6.37. The van der Waals surface area contributed by atoms with Crippen molar-refractivity contribution in [1.82, 2.24) is 10.2 Å². The molecule has 1 aromatic rings. The summed E-state index contributed by atoms with van der Waals surface area (Å²) in [5.41, 5.74) is 2.22. The summed E-state index contributed by atoms with van der Waals surface area (Å²) in [6.07, 6.45) is 3.72. The first-order valence-electron chi connectivity index (χ1n) is 8.08. The molecule has 4 nitrogen and oxygen atoms in total. The summed E-state index contributed by atoms with van der Waals surface area (Å²) in [4.78, 5) is 14.7. The van der Waals surface area contributed by atoms with Gasteiger partial charge in [-0.3, -0.25) is 9.69 Å². The number of nitrogens with zero attached hydrogens (tertiary/aromatic N) is 1. The number of benzene rings is 1. The van der Waals surface area contributed by atoms with Crippen molar-refractivity contribution in [2.24, 2.45) is 5.92 Å². The van der Waals surface area contributed by atoms with Gasteiger partial charge in [-0.25, -0.2) is 0 Å². The maximum atomic E-state index is 12.2. The molecule has 0 saturated carbocycles. The van der Waals surface area contributed by atoms with E-state index in [2.05, 4.69) is 34.6 Å². The van der Waals surface area contributed by atoms with Crippen molar-refractivity contribution in [3.8, 4) is 0 Å². The van der Waals surface area contributed by atoms with Crippen LogP contribution in [0.1, 0.15) is 31.7 Å². The van der Waals surface area contributed by atoms with Gasteiger partial charge in [-0.2, -0.15) is 0 Å². The Kier molecular flexibility index (Phi) is 4.56. The Balaban J connectivity index is 1.55. The molecule has 2 fully saturated rings. The van der Waals surface area contributed by atoms with E-state index in [1.54, 1.807) is 0 Å². The Bertz CT molecular complexity index is 479. The summed E-state index contributed by atoms with van der Waals surface area (Å²) < 4.78 is 0. The van der Waals surface area contributed by atoms with Crippen LogP contribution in [0, 0.1) is 5.92 Å². The van der Waals surface area contributed by atoms with Crippen LogP contribution >= 0.6 is 0 Å². The fraction of sp³-hybridized carbons (Fsp3) is 0.588. The number of hydrogen-bond acceptors (Lipinski definition) is 3. The molecular weight excluding hydrogens is 262 g/mol. The lowest BCUT2D eigenvalue weighted by Crippen LogP contribution is -2.39. The zero-order chi connectivity index (χ0) is 14.7. The summed E-state index contributed by atoms with van der Waals surface area (Å²) in [6.45, 7) is 6.51. The van der Waals surface area contributed by atoms with Gasteiger partial charge in [0.1, 0.15) is 0 Å². The highest BCUT2D eigenvalue weighted by Crippen LogP contribution is 2.18. The predicted molar refractivity (Wildman–Crippen MR) is 85.2 cm³/mol. The van der Waals surface area contributed by atoms with Gasteiger partial charge in [0.05, 0.1) is 6.04 Å². The molecule has 0 aromatic heterocycles. The number of nitrogens with one attached hydrogen (secondary N) is 2. The Labute approximate surface area is 126 Å². The van der Waals surface area contributed by atoms with E-state index < -0.39 is 0 Å². The Hall–Kier alpha value is -1.39. The zero-order valence-corrected chi connectivity index (χ0v) is 12.8. The summed E-state index contributed by atoms with van der Waals surface area (Å²) in [7, 11) is 0. The minimum atomic E-state index is -0.0470. The van der Waals surface area contributed by atoms with Crippen molar-refractivity contribution in [2.75, 3.05) is 25.0 Å². The fourth-order valence-corrected chi connectivity index (χ4v) is 3.30. The van der Waals surface area contributed by atoms with E-state index in [9.17, 15) is 4.79 Å². The predicted octanol–water partition coefficient (Wildman–Crippen LogP) is 2.22. The minimum absolute atomic E-state index is 0.0470. The largest absolute Gasteiger partial charge is 0.325 e. The maximum Gasteiger partial charge on any atom is 0.241 e. The molecule has 114 valence electrons. The number of rotatable bonds is 4. The third kappa shape index (κ3) is 3.63. The standard InChI is InChI=1S/C17H25N3O/c1-13-8-9-18-16(13)17(21)19-15-6-4-14(5-7-15)12-20-10-2-3-11-20/h4-7,13,16,18H,2-3,8-12H2,1H3,(H,19,21). The third-order valence-electron chi connectivity index (χ3n) is 4.64. The van der Waals surface area contributed by atoms with Crippen molar-refractivity contribution >= 4 is 11.6 Å². The Morgan fingerprint density at radius 3 is 2.62 bits per heavy atom. The normalized spacial score (nSPS) is 26.1. The molecule has 2 saturated heterocycles. The smallest absolute Gasteiger partial charge is 0.241 e. The van der Waals surface area contributed by atoms with Crippen molar-refractivity contribution in [3.05, 3.63) is 29.8 Å². The highest BCUT2D eigenvalue weighted by atomic mass is 16.2.